The summed E-state index contributed by atoms with van der Waals surface area (Å²) in [5, 5.41) is 11.6. The van der Waals surface area contributed by atoms with Crippen LogP contribution >= 0.6 is 0 Å². The molecule has 136 valence electrons. The molecule has 27 heavy (non-hydrogen) atoms. The number of nitrogens with zero attached hydrogens (tertiary/aromatic N) is 2. The first-order valence-electron chi connectivity index (χ1n) is 9.34. The van der Waals surface area contributed by atoms with Gasteiger partial charge in [-0.2, -0.15) is 10.2 Å². The summed E-state index contributed by atoms with van der Waals surface area (Å²) >= 11 is 0. The van der Waals surface area contributed by atoms with Crippen molar-refractivity contribution in [3.8, 4) is 17.7 Å². The van der Waals surface area contributed by atoms with Crippen molar-refractivity contribution in [3.63, 3.8) is 0 Å². The van der Waals surface area contributed by atoms with E-state index in [1.54, 1.807) is 0 Å². The summed E-state index contributed by atoms with van der Waals surface area (Å²) in [6.45, 7) is 2.18. The Morgan fingerprint density at radius 1 is 1.15 bits per heavy atom. The van der Waals surface area contributed by atoms with E-state index in [4.69, 9.17) is 16.2 Å². The predicted octanol–water partition coefficient (Wildman–Crippen LogP) is 5.09. The van der Waals surface area contributed by atoms with Gasteiger partial charge < -0.3 is 16.2 Å². The number of nitrogens with two attached hydrogens (primary N) is 2. The second-order valence-corrected chi connectivity index (χ2v) is 6.97. The lowest BCUT2D eigenvalue weighted by Gasteiger charge is -2.30. The summed E-state index contributed by atoms with van der Waals surface area (Å²) in [7, 11) is 0. The predicted molar refractivity (Wildman–Crippen MR) is 108 cm³/mol. The maximum Gasteiger partial charge on any atom is 0.227 e. The van der Waals surface area contributed by atoms with Crippen LogP contribution in [0.2, 0.25) is 0 Å². The highest BCUT2D eigenvalue weighted by Crippen LogP contribution is 2.51. The average molecular weight is 358 g/mol. The minimum absolute atomic E-state index is 0.0418. The largest absolute Gasteiger partial charge is 0.438 e. The quantitative estimate of drug-likeness (QED) is 0.633. The molecule has 0 aliphatic carbocycles. The summed E-state index contributed by atoms with van der Waals surface area (Å²) in [6, 6.07) is 14.4. The molecule has 1 aromatic heterocycles. The molecule has 0 saturated heterocycles. The second-order valence-electron chi connectivity index (χ2n) is 6.97. The Hall–Kier alpha value is -3.26. The Kier molecular flexibility index (Phi) is 4.33. The maximum absolute atomic E-state index is 9.45. The van der Waals surface area contributed by atoms with Crippen LogP contribution in [0.25, 0.3) is 10.8 Å². The van der Waals surface area contributed by atoms with Crippen molar-refractivity contribution < 1.29 is 4.74 Å². The number of anilines is 2. The lowest BCUT2D eigenvalue weighted by atomic mass is 9.82. The number of hydrogen-bond donors (Lipinski definition) is 2. The van der Waals surface area contributed by atoms with Gasteiger partial charge in [0.1, 0.15) is 23.2 Å². The van der Waals surface area contributed by atoms with Crippen LogP contribution < -0.4 is 16.2 Å². The highest BCUT2D eigenvalue weighted by atomic mass is 16.5. The van der Waals surface area contributed by atoms with Gasteiger partial charge in [-0.25, -0.2) is 0 Å². The van der Waals surface area contributed by atoms with Gasteiger partial charge in [-0.05, 0) is 11.8 Å². The number of ether oxygens (including phenoxy) is 1. The van der Waals surface area contributed by atoms with Crippen molar-refractivity contribution in [1.82, 2.24) is 4.98 Å². The summed E-state index contributed by atoms with van der Waals surface area (Å²) in [6.07, 6.45) is 4.28. The topological polar surface area (TPSA) is 98.0 Å². The van der Waals surface area contributed by atoms with Crippen LogP contribution in [-0.2, 0) is 0 Å². The molecule has 4 N–H and O–H groups in total. The minimum atomic E-state index is 0.0418. The van der Waals surface area contributed by atoms with Gasteiger partial charge in [-0.15, -0.1) is 0 Å². The van der Waals surface area contributed by atoms with Crippen LogP contribution in [-0.4, -0.2) is 4.98 Å². The van der Waals surface area contributed by atoms with Gasteiger partial charge >= 0.3 is 0 Å². The van der Waals surface area contributed by atoms with E-state index >= 15 is 0 Å². The number of fused-ring (bicyclic) bond motifs is 4. The van der Waals surface area contributed by atoms with E-state index in [1.165, 1.54) is 0 Å². The average Bonchev–Trinajstić information content (AvgIpc) is 2.67. The zero-order valence-electron chi connectivity index (χ0n) is 15.3. The fraction of sp³-hybridized carbons (Fsp3) is 0.273. The van der Waals surface area contributed by atoms with Gasteiger partial charge in [-0.3, -0.25) is 0 Å². The molecule has 4 rings (SSSR count). The van der Waals surface area contributed by atoms with E-state index in [0.29, 0.717) is 11.6 Å². The number of nitriles is 1. The van der Waals surface area contributed by atoms with E-state index in [1.807, 2.05) is 12.1 Å². The fourth-order valence-corrected chi connectivity index (χ4v) is 3.94. The smallest absolute Gasteiger partial charge is 0.227 e. The molecule has 3 aromatic rings. The summed E-state index contributed by atoms with van der Waals surface area (Å²) in [4.78, 5) is 4.38. The third-order valence-electron chi connectivity index (χ3n) is 5.31. The van der Waals surface area contributed by atoms with Crippen LogP contribution in [0.1, 0.15) is 55.2 Å². The lowest BCUT2D eigenvalue weighted by molar-refractivity contribution is 0.426. The minimum Gasteiger partial charge on any atom is -0.438 e. The van der Waals surface area contributed by atoms with E-state index in [-0.39, 0.29) is 17.3 Å². The van der Waals surface area contributed by atoms with Gasteiger partial charge in [0.15, 0.2) is 0 Å². The molecule has 5 nitrogen and oxygen atoms in total. The highest BCUT2D eigenvalue weighted by molar-refractivity contribution is 5.91. The molecule has 0 amide bonds. The molecule has 0 radical (unpaired) electrons. The molecule has 5 heteroatoms. The SMILES string of the molecule is CCCCC[C@@H]1c2ccc3ccccc3c2Oc2nc(N)c(C#N)c(N)c21. The van der Waals surface area contributed by atoms with Crippen molar-refractivity contribution in [2.75, 3.05) is 11.5 Å². The van der Waals surface area contributed by atoms with Crippen molar-refractivity contribution in [2.45, 2.75) is 38.5 Å². The van der Waals surface area contributed by atoms with E-state index in [2.05, 4.69) is 42.2 Å². The number of rotatable bonds is 4. The molecule has 0 unspecified atom stereocenters. The van der Waals surface area contributed by atoms with Crippen molar-refractivity contribution in [3.05, 3.63) is 53.1 Å². The van der Waals surface area contributed by atoms with Gasteiger partial charge in [0.2, 0.25) is 5.88 Å². The summed E-state index contributed by atoms with van der Waals surface area (Å²) in [5.41, 5.74) is 14.8. The first-order valence-corrected chi connectivity index (χ1v) is 9.34. The number of pyridine rings is 1. The molecular formula is C22H22N4O. The van der Waals surface area contributed by atoms with Crippen molar-refractivity contribution in [1.29, 1.82) is 5.26 Å². The van der Waals surface area contributed by atoms with Gasteiger partial charge in [-0.1, -0.05) is 62.6 Å². The van der Waals surface area contributed by atoms with Crippen molar-refractivity contribution in [2.24, 2.45) is 0 Å². The van der Waals surface area contributed by atoms with Gasteiger partial charge in [0, 0.05) is 22.4 Å². The normalized spacial score (nSPS) is 14.9. The Labute approximate surface area is 158 Å². The summed E-state index contributed by atoms with van der Waals surface area (Å²) < 4.78 is 6.21. The molecule has 0 saturated carbocycles. The Morgan fingerprint density at radius 2 is 1.96 bits per heavy atom. The molecule has 0 bridgehead atoms. The third-order valence-corrected chi connectivity index (χ3v) is 5.31. The highest BCUT2D eigenvalue weighted by Gasteiger charge is 2.33. The number of unbranched alkanes of at least 4 members (excludes halogenated alkanes) is 2. The van der Waals surface area contributed by atoms with Crippen LogP contribution in [0.15, 0.2) is 36.4 Å². The first-order chi connectivity index (χ1) is 13.2. The van der Waals surface area contributed by atoms with E-state index in [9.17, 15) is 5.26 Å². The third kappa shape index (κ3) is 2.74. The number of benzene rings is 2. The Morgan fingerprint density at radius 3 is 2.74 bits per heavy atom. The molecule has 0 fully saturated rings. The molecule has 1 aliphatic rings. The van der Waals surface area contributed by atoms with Crippen LogP contribution in [0.4, 0.5) is 11.5 Å². The maximum atomic E-state index is 9.45. The number of hydrogen-bond acceptors (Lipinski definition) is 5. The van der Waals surface area contributed by atoms with Gasteiger partial charge in [0.25, 0.3) is 0 Å². The molecule has 1 atom stereocenters. The van der Waals surface area contributed by atoms with E-state index in [0.717, 1.165) is 53.3 Å². The Bertz CT molecular complexity index is 1070. The fourth-order valence-electron chi connectivity index (χ4n) is 3.94. The zero-order chi connectivity index (χ0) is 19.0. The number of nitrogen functional groups attached to an aromatic ring is 2. The zero-order valence-corrected chi connectivity index (χ0v) is 15.3. The molecule has 1 aliphatic heterocycles. The molecular weight excluding hydrogens is 336 g/mol. The van der Waals surface area contributed by atoms with Crippen LogP contribution in [0.5, 0.6) is 11.6 Å². The first kappa shape index (κ1) is 17.2. The monoisotopic (exact) mass is 358 g/mol. The Balaban J connectivity index is 1.94. The van der Waals surface area contributed by atoms with Crippen LogP contribution in [0.3, 0.4) is 0 Å². The van der Waals surface area contributed by atoms with E-state index < -0.39 is 0 Å². The van der Waals surface area contributed by atoms with Crippen molar-refractivity contribution >= 4 is 22.3 Å². The lowest BCUT2D eigenvalue weighted by Crippen LogP contribution is -2.16. The number of aromatic nitrogens is 1. The molecule has 0 spiro atoms. The van der Waals surface area contributed by atoms with Gasteiger partial charge in [0.05, 0.1) is 5.69 Å². The standard InChI is InChI=1S/C22H22N4O/c1-2-3-4-9-15-16-11-10-13-7-5-6-8-14(13)20(16)27-22-18(15)19(24)17(12-23)21(25)26-22/h5-8,10-11,15H,2-4,9H2,1H3,(H4,24,25,26)/t15-/m1/s1. The summed E-state index contributed by atoms with van der Waals surface area (Å²) in [5.74, 6) is 1.40. The molecule has 2 heterocycles. The van der Waals surface area contributed by atoms with Crippen LogP contribution in [0, 0.1) is 11.3 Å². The second kappa shape index (κ2) is 6.81. The molecule has 2 aromatic carbocycles.